The number of ketones is 1. The van der Waals surface area contributed by atoms with Crippen molar-refractivity contribution in [3.8, 4) is 5.75 Å². The van der Waals surface area contributed by atoms with Gasteiger partial charge in [0.2, 0.25) is 0 Å². The van der Waals surface area contributed by atoms with E-state index in [1.54, 1.807) is 0 Å². The van der Waals surface area contributed by atoms with E-state index in [0.29, 0.717) is 36.0 Å². The molecular weight excluding hydrogens is 312 g/mol. The molecule has 2 nitrogen and oxygen atoms in total. The second-order valence-corrected chi connectivity index (χ2v) is 6.50. The number of rotatable bonds is 3. The monoisotopic (exact) mass is 330 g/mol. The van der Waals surface area contributed by atoms with Gasteiger partial charge in [0, 0.05) is 12.8 Å². The number of ether oxygens (including phenoxy) is 1. The Hall–Kier alpha value is -1.59. The maximum absolute atomic E-state index is 13.9. The maximum atomic E-state index is 13.9. The van der Waals surface area contributed by atoms with Gasteiger partial charge in [0.1, 0.15) is 5.78 Å². The van der Waals surface area contributed by atoms with Crippen LogP contribution in [0.4, 0.5) is 17.6 Å². The lowest BCUT2D eigenvalue weighted by molar-refractivity contribution is -0.123. The molecule has 23 heavy (non-hydrogen) atoms. The summed E-state index contributed by atoms with van der Waals surface area (Å²) in [7, 11) is 0. The molecule has 0 heterocycles. The van der Waals surface area contributed by atoms with Gasteiger partial charge < -0.3 is 4.74 Å². The highest BCUT2D eigenvalue weighted by molar-refractivity contribution is 5.79. The van der Waals surface area contributed by atoms with Crippen molar-refractivity contribution in [1.29, 1.82) is 0 Å². The summed E-state index contributed by atoms with van der Waals surface area (Å²) in [6.45, 7) is -3.26. The molecule has 0 aliphatic heterocycles. The first-order valence-corrected chi connectivity index (χ1v) is 7.89. The zero-order valence-electron chi connectivity index (χ0n) is 12.5. The number of carbonyl (C=O) groups excluding carboxylic acids is 1. The molecule has 3 atom stereocenters. The van der Waals surface area contributed by atoms with Gasteiger partial charge in [0.15, 0.2) is 17.4 Å². The number of benzene rings is 1. The number of fused-ring (bicyclic) bond motifs is 1. The number of hydrogen-bond acceptors (Lipinski definition) is 2. The van der Waals surface area contributed by atoms with Crippen molar-refractivity contribution in [2.75, 3.05) is 0 Å². The van der Waals surface area contributed by atoms with Gasteiger partial charge in [-0.2, -0.15) is 8.78 Å². The summed E-state index contributed by atoms with van der Waals surface area (Å²) in [5.41, 5.74) is 0.483. The van der Waals surface area contributed by atoms with Crippen molar-refractivity contribution in [3.63, 3.8) is 0 Å². The van der Waals surface area contributed by atoms with Gasteiger partial charge in [-0.1, -0.05) is 0 Å². The molecule has 1 aromatic carbocycles. The Kier molecular flexibility index (Phi) is 4.60. The van der Waals surface area contributed by atoms with Crippen LogP contribution in [0.5, 0.6) is 5.75 Å². The summed E-state index contributed by atoms with van der Waals surface area (Å²) in [5.74, 6) is -2.15. The maximum Gasteiger partial charge on any atom is 0.387 e. The van der Waals surface area contributed by atoms with Crippen LogP contribution < -0.4 is 4.74 Å². The Labute approximate surface area is 131 Å². The molecule has 0 amide bonds. The Morgan fingerprint density at radius 1 is 1.04 bits per heavy atom. The van der Waals surface area contributed by atoms with Gasteiger partial charge in [-0.25, -0.2) is 8.78 Å². The average Bonchev–Trinajstić information content (AvgIpc) is 2.50. The minimum atomic E-state index is -3.26. The fraction of sp³-hybridized carbons (Fsp3) is 0.588. The van der Waals surface area contributed by atoms with Gasteiger partial charge in [-0.15, -0.1) is 0 Å². The van der Waals surface area contributed by atoms with Gasteiger partial charge in [-0.3, -0.25) is 4.79 Å². The van der Waals surface area contributed by atoms with Crippen molar-refractivity contribution in [2.45, 2.75) is 51.1 Å². The van der Waals surface area contributed by atoms with Gasteiger partial charge in [-0.05, 0) is 61.1 Å². The highest BCUT2D eigenvalue weighted by Gasteiger charge is 2.35. The van der Waals surface area contributed by atoms with Gasteiger partial charge >= 0.3 is 6.61 Å². The van der Waals surface area contributed by atoms with Crippen LogP contribution in [0, 0.1) is 23.5 Å². The lowest BCUT2D eigenvalue weighted by atomic mass is 9.66. The highest BCUT2D eigenvalue weighted by Crippen LogP contribution is 2.46. The van der Waals surface area contributed by atoms with Crippen LogP contribution in [0.1, 0.15) is 50.0 Å². The number of carbonyl (C=O) groups is 1. The van der Waals surface area contributed by atoms with Crippen molar-refractivity contribution < 1.29 is 27.1 Å². The largest absolute Gasteiger partial charge is 0.429 e. The molecule has 2 saturated carbocycles. The molecule has 0 bridgehead atoms. The Morgan fingerprint density at radius 3 is 2.39 bits per heavy atom. The summed E-state index contributed by atoms with van der Waals surface area (Å²) in [6.07, 6.45) is 4.42. The van der Waals surface area contributed by atoms with Crippen molar-refractivity contribution >= 4 is 5.78 Å². The molecule has 0 radical (unpaired) electrons. The molecule has 0 aromatic heterocycles. The quantitative estimate of drug-likeness (QED) is 0.743. The van der Waals surface area contributed by atoms with E-state index in [-0.39, 0.29) is 5.92 Å². The lowest BCUT2D eigenvalue weighted by Crippen LogP contribution is -2.30. The number of alkyl halides is 2. The summed E-state index contributed by atoms with van der Waals surface area (Å²) in [6, 6.07) is 2.19. The van der Waals surface area contributed by atoms with Crippen LogP contribution in [-0.4, -0.2) is 12.4 Å². The van der Waals surface area contributed by atoms with Crippen LogP contribution >= 0.6 is 0 Å². The van der Waals surface area contributed by atoms with Crippen LogP contribution in [-0.2, 0) is 4.79 Å². The lowest BCUT2D eigenvalue weighted by Gasteiger charge is -2.39. The van der Waals surface area contributed by atoms with E-state index in [1.807, 2.05) is 0 Å². The number of halogens is 4. The summed E-state index contributed by atoms with van der Waals surface area (Å²) < 4.78 is 56.0. The standard InChI is InChI=1S/C17H18F4O2/c18-14-7-12(8-15(19)16(14)23-17(20)21)10-1-2-11-6-13(22)4-3-9(11)5-10/h7-11,17H,1-6H2. The highest BCUT2D eigenvalue weighted by atomic mass is 19.3. The Morgan fingerprint density at radius 2 is 1.74 bits per heavy atom. The molecule has 126 valence electrons. The Bertz CT molecular complexity index is 579. The molecular formula is C17H18F4O2. The average molecular weight is 330 g/mol. The van der Waals surface area contributed by atoms with Crippen molar-refractivity contribution in [3.05, 3.63) is 29.3 Å². The molecule has 2 fully saturated rings. The molecule has 0 spiro atoms. The smallest absolute Gasteiger partial charge is 0.387 e. The first-order chi connectivity index (χ1) is 10.9. The van der Waals surface area contributed by atoms with E-state index in [0.717, 1.165) is 37.8 Å². The third-order valence-electron chi connectivity index (χ3n) is 5.12. The molecule has 1 aromatic rings. The van der Waals surface area contributed by atoms with E-state index >= 15 is 0 Å². The van der Waals surface area contributed by atoms with Crippen LogP contribution in [0.15, 0.2) is 12.1 Å². The van der Waals surface area contributed by atoms with E-state index in [9.17, 15) is 22.4 Å². The first-order valence-electron chi connectivity index (χ1n) is 7.89. The van der Waals surface area contributed by atoms with Crippen LogP contribution in [0.3, 0.4) is 0 Å². The zero-order chi connectivity index (χ0) is 16.6. The minimum Gasteiger partial charge on any atom is -0.429 e. The Balaban J connectivity index is 1.76. The fourth-order valence-electron chi connectivity index (χ4n) is 4.01. The van der Waals surface area contributed by atoms with Crippen molar-refractivity contribution in [1.82, 2.24) is 0 Å². The van der Waals surface area contributed by atoms with E-state index in [2.05, 4.69) is 4.74 Å². The summed E-state index contributed by atoms with van der Waals surface area (Å²) in [4.78, 5) is 11.5. The van der Waals surface area contributed by atoms with E-state index in [1.165, 1.54) is 0 Å². The number of Topliss-reactive ketones (excluding diaryl/α,β-unsaturated/α-hetero) is 1. The topological polar surface area (TPSA) is 26.3 Å². The molecule has 0 N–H and O–H groups in total. The normalized spacial score (nSPS) is 27.9. The summed E-state index contributed by atoms with van der Waals surface area (Å²) in [5, 5.41) is 0. The molecule has 2 aliphatic carbocycles. The second kappa shape index (κ2) is 6.49. The third-order valence-corrected chi connectivity index (χ3v) is 5.12. The molecule has 3 unspecified atom stereocenters. The third kappa shape index (κ3) is 3.51. The zero-order valence-corrected chi connectivity index (χ0v) is 12.5. The van der Waals surface area contributed by atoms with E-state index in [4.69, 9.17) is 0 Å². The van der Waals surface area contributed by atoms with Crippen LogP contribution in [0.2, 0.25) is 0 Å². The molecule has 0 saturated heterocycles. The predicted octanol–water partition coefficient (Wildman–Crippen LogP) is 4.82. The van der Waals surface area contributed by atoms with Gasteiger partial charge in [0.05, 0.1) is 0 Å². The van der Waals surface area contributed by atoms with Crippen molar-refractivity contribution in [2.24, 2.45) is 11.8 Å². The minimum absolute atomic E-state index is 0.00551. The predicted molar refractivity (Wildman–Crippen MR) is 75.4 cm³/mol. The second-order valence-electron chi connectivity index (χ2n) is 6.50. The first kappa shape index (κ1) is 16.3. The van der Waals surface area contributed by atoms with Gasteiger partial charge in [0.25, 0.3) is 0 Å². The fourth-order valence-corrected chi connectivity index (χ4v) is 4.01. The van der Waals surface area contributed by atoms with Crippen LogP contribution in [0.25, 0.3) is 0 Å². The SMILES string of the molecule is O=C1CCC2CC(c3cc(F)c(OC(F)F)c(F)c3)CCC2C1. The van der Waals surface area contributed by atoms with E-state index < -0.39 is 24.0 Å². The number of hydrogen-bond donors (Lipinski definition) is 0. The molecule has 6 heteroatoms. The molecule has 3 rings (SSSR count). The molecule has 2 aliphatic rings. The summed E-state index contributed by atoms with van der Waals surface area (Å²) >= 11 is 0.